The van der Waals surface area contributed by atoms with Gasteiger partial charge < -0.3 is 19.5 Å². The monoisotopic (exact) mass is 345 g/mol. The molecule has 0 radical (unpaired) electrons. The van der Waals surface area contributed by atoms with Gasteiger partial charge >= 0.3 is 0 Å². The first-order valence-corrected chi connectivity index (χ1v) is 8.44. The Morgan fingerprint density at radius 2 is 2.20 bits per heavy atom. The normalized spacial score (nSPS) is 17.1. The average Bonchev–Trinajstić information content (AvgIpc) is 3.07. The van der Waals surface area contributed by atoms with E-state index in [0.717, 1.165) is 19.4 Å². The van der Waals surface area contributed by atoms with Gasteiger partial charge in [-0.1, -0.05) is 12.1 Å². The Hall–Kier alpha value is -2.54. The summed E-state index contributed by atoms with van der Waals surface area (Å²) in [7, 11) is 1.56. The van der Waals surface area contributed by atoms with Gasteiger partial charge in [-0.3, -0.25) is 9.48 Å². The first-order valence-electron chi connectivity index (χ1n) is 8.44. The van der Waals surface area contributed by atoms with Crippen LogP contribution in [0.4, 0.5) is 5.69 Å². The van der Waals surface area contributed by atoms with Gasteiger partial charge in [0.2, 0.25) is 0 Å². The van der Waals surface area contributed by atoms with Crippen LogP contribution in [0, 0.1) is 0 Å². The summed E-state index contributed by atoms with van der Waals surface area (Å²) in [4.78, 5) is 12.0. The number of para-hydroxylation sites is 2. The van der Waals surface area contributed by atoms with Gasteiger partial charge in [0.1, 0.15) is 0 Å². The summed E-state index contributed by atoms with van der Waals surface area (Å²) in [6.07, 6.45) is 7.00. The SMILES string of the molecule is COc1ccccc1OCC(=O)Nc1cnn(C[C@H]2CCCCO2)c1. The van der Waals surface area contributed by atoms with Crippen LogP contribution in [0.25, 0.3) is 0 Å². The van der Waals surface area contributed by atoms with Crippen molar-refractivity contribution < 1.29 is 19.0 Å². The van der Waals surface area contributed by atoms with Crippen molar-refractivity contribution in [3.63, 3.8) is 0 Å². The lowest BCUT2D eigenvalue weighted by Crippen LogP contribution is -2.24. The molecular formula is C18H23N3O4. The fourth-order valence-electron chi connectivity index (χ4n) is 2.77. The highest BCUT2D eigenvalue weighted by atomic mass is 16.5. The molecule has 2 aromatic rings. The number of amides is 1. The Labute approximate surface area is 146 Å². The summed E-state index contributed by atoms with van der Waals surface area (Å²) in [6, 6.07) is 7.21. The molecular weight excluding hydrogens is 322 g/mol. The molecule has 7 heteroatoms. The predicted octanol–water partition coefficient (Wildman–Crippen LogP) is 2.48. The molecule has 1 amide bonds. The molecule has 1 aliphatic heterocycles. The second-order valence-corrected chi connectivity index (χ2v) is 5.93. The number of hydrogen-bond donors (Lipinski definition) is 1. The Morgan fingerprint density at radius 3 is 2.96 bits per heavy atom. The number of ether oxygens (including phenoxy) is 3. The van der Waals surface area contributed by atoms with E-state index in [4.69, 9.17) is 14.2 Å². The number of methoxy groups -OCH3 is 1. The lowest BCUT2D eigenvalue weighted by molar-refractivity contribution is -0.118. The number of hydrogen-bond acceptors (Lipinski definition) is 5. The van der Waals surface area contributed by atoms with Crippen LogP contribution in [0.2, 0.25) is 0 Å². The lowest BCUT2D eigenvalue weighted by atomic mass is 10.1. The first-order chi connectivity index (χ1) is 12.2. The first kappa shape index (κ1) is 17.3. The zero-order valence-electron chi connectivity index (χ0n) is 14.3. The molecule has 2 heterocycles. The molecule has 0 aliphatic carbocycles. The van der Waals surface area contributed by atoms with Crippen LogP contribution in [-0.4, -0.2) is 42.1 Å². The number of nitrogens with one attached hydrogen (secondary N) is 1. The second kappa shape index (κ2) is 8.53. The molecule has 1 aromatic carbocycles. The zero-order chi connectivity index (χ0) is 17.5. The minimum atomic E-state index is -0.251. The fourth-order valence-corrected chi connectivity index (χ4v) is 2.77. The van der Waals surface area contributed by atoms with E-state index < -0.39 is 0 Å². The molecule has 0 unspecified atom stereocenters. The summed E-state index contributed by atoms with van der Waals surface area (Å²) >= 11 is 0. The Bertz CT molecular complexity index is 695. The average molecular weight is 345 g/mol. The van der Waals surface area contributed by atoms with E-state index in [1.807, 2.05) is 12.1 Å². The number of aromatic nitrogens is 2. The van der Waals surface area contributed by atoms with Crippen LogP contribution in [0.3, 0.4) is 0 Å². The Balaban J connectivity index is 1.48. The number of carbonyl (C=O) groups is 1. The number of rotatable bonds is 7. The van der Waals surface area contributed by atoms with E-state index in [-0.39, 0.29) is 18.6 Å². The van der Waals surface area contributed by atoms with Crippen molar-refractivity contribution in [2.24, 2.45) is 0 Å². The minimum absolute atomic E-state index is 0.0999. The van der Waals surface area contributed by atoms with Crippen molar-refractivity contribution in [2.75, 3.05) is 25.6 Å². The van der Waals surface area contributed by atoms with Crippen LogP contribution < -0.4 is 14.8 Å². The minimum Gasteiger partial charge on any atom is -0.493 e. The van der Waals surface area contributed by atoms with Gasteiger partial charge in [0.05, 0.1) is 31.6 Å². The van der Waals surface area contributed by atoms with Crippen LogP contribution in [-0.2, 0) is 16.1 Å². The molecule has 1 saturated heterocycles. The second-order valence-electron chi connectivity index (χ2n) is 5.93. The molecule has 0 saturated carbocycles. The molecule has 7 nitrogen and oxygen atoms in total. The Morgan fingerprint density at radius 1 is 1.36 bits per heavy atom. The van der Waals surface area contributed by atoms with E-state index in [2.05, 4.69) is 10.4 Å². The molecule has 1 atom stereocenters. The highest BCUT2D eigenvalue weighted by molar-refractivity contribution is 5.91. The molecule has 3 rings (SSSR count). The quantitative estimate of drug-likeness (QED) is 0.834. The number of benzene rings is 1. The van der Waals surface area contributed by atoms with Gasteiger partial charge in [0.15, 0.2) is 18.1 Å². The van der Waals surface area contributed by atoms with E-state index in [9.17, 15) is 4.79 Å². The van der Waals surface area contributed by atoms with Crippen molar-refractivity contribution in [1.82, 2.24) is 9.78 Å². The number of anilines is 1. The molecule has 0 bridgehead atoms. The van der Waals surface area contributed by atoms with Crippen molar-refractivity contribution in [3.05, 3.63) is 36.7 Å². The summed E-state index contributed by atoms with van der Waals surface area (Å²) in [5.74, 6) is 0.875. The summed E-state index contributed by atoms with van der Waals surface area (Å²) in [5.41, 5.74) is 0.643. The van der Waals surface area contributed by atoms with Crippen LogP contribution in [0.15, 0.2) is 36.7 Å². The van der Waals surface area contributed by atoms with Crippen LogP contribution >= 0.6 is 0 Å². The standard InChI is InChI=1S/C18H23N3O4/c1-23-16-7-2-3-8-17(16)25-13-18(22)20-14-10-19-21(11-14)12-15-6-4-5-9-24-15/h2-3,7-8,10-11,15H,4-6,9,12-13H2,1H3,(H,20,22)/t15-/m1/s1. The van der Waals surface area contributed by atoms with Gasteiger partial charge in [-0.05, 0) is 31.4 Å². The molecule has 1 aliphatic rings. The molecule has 1 aromatic heterocycles. The molecule has 0 spiro atoms. The smallest absolute Gasteiger partial charge is 0.262 e. The highest BCUT2D eigenvalue weighted by Gasteiger charge is 2.15. The van der Waals surface area contributed by atoms with Crippen molar-refractivity contribution >= 4 is 11.6 Å². The maximum absolute atomic E-state index is 12.0. The molecule has 134 valence electrons. The summed E-state index contributed by atoms with van der Waals surface area (Å²) < 4.78 is 18.2. The largest absolute Gasteiger partial charge is 0.493 e. The predicted molar refractivity (Wildman–Crippen MR) is 92.9 cm³/mol. The van der Waals surface area contributed by atoms with Crippen molar-refractivity contribution in [3.8, 4) is 11.5 Å². The third-order valence-electron chi connectivity index (χ3n) is 4.01. The Kier molecular flexibility index (Phi) is 5.90. The third-order valence-corrected chi connectivity index (χ3v) is 4.01. The van der Waals surface area contributed by atoms with Crippen LogP contribution in [0.5, 0.6) is 11.5 Å². The van der Waals surface area contributed by atoms with Crippen molar-refractivity contribution in [2.45, 2.75) is 31.9 Å². The molecule has 1 fully saturated rings. The van der Waals surface area contributed by atoms with Gasteiger partial charge in [-0.25, -0.2) is 0 Å². The summed E-state index contributed by atoms with van der Waals surface area (Å²) in [6.45, 7) is 1.42. The van der Waals surface area contributed by atoms with Gasteiger partial charge in [-0.15, -0.1) is 0 Å². The van der Waals surface area contributed by atoms with Crippen molar-refractivity contribution in [1.29, 1.82) is 0 Å². The zero-order valence-corrected chi connectivity index (χ0v) is 14.3. The van der Waals surface area contributed by atoms with E-state index >= 15 is 0 Å². The lowest BCUT2D eigenvalue weighted by Gasteiger charge is -2.22. The summed E-state index contributed by atoms with van der Waals surface area (Å²) in [5, 5.41) is 7.05. The van der Waals surface area contributed by atoms with Gasteiger partial charge in [0.25, 0.3) is 5.91 Å². The highest BCUT2D eigenvalue weighted by Crippen LogP contribution is 2.25. The van der Waals surface area contributed by atoms with Gasteiger partial charge in [0, 0.05) is 12.8 Å². The molecule has 1 N–H and O–H groups in total. The molecule has 25 heavy (non-hydrogen) atoms. The number of carbonyl (C=O) groups excluding carboxylic acids is 1. The topological polar surface area (TPSA) is 74.6 Å². The maximum Gasteiger partial charge on any atom is 0.262 e. The maximum atomic E-state index is 12.0. The number of nitrogens with zero attached hydrogens (tertiary/aromatic N) is 2. The van der Waals surface area contributed by atoms with Gasteiger partial charge in [-0.2, -0.15) is 5.10 Å². The fraction of sp³-hybridized carbons (Fsp3) is 0.444. The third kappa shape index (κ3) is 4.96. The van der Waals surface area contributed by atoms with E-state index in [0.29, 0.717) is 23.7 Å². The van der Waals surface area contributed by atoms with E-state index in [1.165, 1.54) is 6.42 Å². The van der Waals surface area contributed by atoms with Crippen LogP contribution in [0.1, 0.15) is 19.3 Å². The van der Waals surface area contributed by atoms with E-state index in [1.54, 1.807) is 36.3 Å².